The van der Waals surface area contributed by atoms with E-state index in [9.17, 15) is 4.79 Å². The van der Waals surface area contributed by atoms with Crippen LogP contribution in [0.4, 0.5) is 0 Å². The minimum atomic E-state index is 0. The Hall–Kier alpha value is -0.420. The fourth-order valence-electron chi connectivity index (χ4n) is 2.65. The summed E-state index contributed by atoms with van der Waals surface area (Å²) in [4.78, 5) is 11.9. The van der Waals surface area contributed by atoms with Crippen molar-refractivity contribution >= 4 is 41.7 Å². The number of nitrogens with two attached hydrogens (primary N) is 1. The molecule has 0 bridgehead atoms. The molecule has 0 aliphatic heterocycles. The molecule has 2 rings (SSSR count). The Morgan fingerprint density at radius 3 is 2.95 bits per heavy atom. The molecule has 1 aliphatic rings. The van der Waals surface area contributed by atoms with Crippen LogP contribution in [0.2, 0.25) is 5.02 Å². The molecule has 1 saturated carbocycles. The zero-order valence-electron chi connectivity index (χ0n) is 11.9. The van der Waals surface area contributed by atoms with Crippen molar-refractivity contribution in [1.82, 2.24) is 5.32 Å². The summed E-state index contributed by atoms with van der Waals surface area (Å²) in [5, 5.41) is 3.85. The molecule has 6 heteroatoms. The number of amides is 1. The van der Waals surface area contributed by atoms with Gasteiger partial charge in [-0.25, -0.2) is 0 Å². The summed E-state index contributed by atoms with van der Waals surface area (Å²) < 4.78 is 0. The lowest BCUT2D eigenvalue weighted by atomic mass is 10.0. The topological polar surface area (TPSA) is 55.1 Å². The monoisotopic (exact) mass is 348 g/mol. The van der Waals surface area contributed by atoms with Crippen LogP contribution in [-0.4, -0.2) is 24.2 Å². The van der Waals surface area contributed by atoms with Crippen LogP contribution >= 0.6 is 35.8 Å². The quantitative estimate of drug-likeness (QED) is 0.829. The standard InChI is InChI=1S/C15H21ClN2OS.ClH/c16-13-5-1-3-11(7-13)9-20-10-15(19)18-14-6-2-4-12(14)8-17;/h1,3,5,7,12,14H,2,4,6,8-10,17H2,(H,18,19);1H. The summed E-state index contributed by atoms with van der Waals surface area (Å²) in [7, 11) is 0. The maximum atomic E-state index is 11.9. The number of rotatable bonds is 6. The summed E-state index contributed by atoms with van der Waals surface area (Å²) in [5.41, 5.74) is 6.87. The maximum absolute atomic E-state index is 11.9. The molecule has 0 aromatic heterocycles. The summed E-state index contributed by atoms with van der Waals surface area (Å²) >= 11 is 7.54. The first-order valence-corrected chi connectivity index (χ1v) is 8.54. The minimum absolute atomic E-state index is 0. The molecule has 21 heavy (non-hydrogen) atoms. The number of carbonyl (C=O) groups excluding carboxylic acids is 1. The number of halogens is 2. The SMILES string of the molecule is Cl.NCC1CCCC1NC(=O)CSCc1cccc(Cl)c1. The van der Waals surface area contributed by atoms with Crippen molar-refractivity contribution in [2.24, 2.45) is 11.7 Å². The van der Waals surface area contributed by atoms with Crippen LogP contribution in [0.25, 0.3) is 0 Å². The van der Waals surface area contributed by atoms with Gasteiger partial charge < -0.3 is 11.1 Å². The average molecular weight is 349 g/mol. The van der Waals surface area contributed by atoms with E-state index in [1.807, 2.05) is 24.3 Å². The Morgan fingerprint density at radius 2 is 2.24 bits per heavy atom. The molecule has 118 valence electrons. The molecule has 0 radical (unpaired) electrons. The second kappa shape index (κ2) is 9.57. The highest BCUT2D eigenvalue weighted by atomic mass is 35.5. The lowest BCUT2D eigenvalue weighted by molar-refractivity contribution is -0.119. The van der Waals surface area contributed by atoms with E-state index >= 15 is 0 Å². The fraction of sp³-hybridized carbons (Fsp3) is 0.533. The Morgan fingerprint density at radius 1 is 1.43 bits per heavy atom. The second-order valence-corrected chi connectivity index (χ2v) is 6.65. The normalized spacial score (nSPS) is 20.9. The molecule has 1 aliphatic carbocycles. The van der Waals surface area contributed by atoms with Gasteiger partial charge in [-0.3, -0.25) is 4.79 Å². The predicted molar refractivity (Wildman–Crippen MR) is 93.2 cm³/mol. The predicted octanol–water partition coefficient (Wildman–Crippen LogP) is 3.24. The highest BCUT2D eigenvalue weighted by Crippen LogP contribution is 2.24. The molecule has 0 spiro atoms. The van der Waals surface area contributed by atoms with Gasteiger partial charge >= 0.3 is 0 Å². The Kier molecular flexibility index (Phi) is 8.49. The number of nitrogens with one attached hydrogen (secondary N) is 1. The highest BCUT2D eigenvalue weighted by molar-refractivity contribution is 7.99. The number of thioether (sulfide) groups is 1. The molecule has 1 amide bonds. The minimum Gasteiger partial charge on any atom is -0.352 e. The van der Waals surface area contributed by atoms with Crippen LogP contribution in [0.3, 0.4) is 0 Å². The van der Waals surface area contributed by atoms with Gasteiger partial charge in [0.15, 0.2) is 0 Å². The van der Waals surface area contributed by atoms with Crippen LogP contribution < -0.4 is 11.1 Å². The summed E-state index contributed by atoms with van der Waals surface area (Å²) in [5.74, 6) is 1.86. The molecule has 3 N–H and O–H groups in total. The largest absolute Gasteiger partial charge is 0.352 e. The molecule has 1 aromatic carbocycles. The zero-order chi connectivity index (χ0) is 14.4. The van der Waals surface area contributed by atoms with Crippen LogP contribution in [0.15, 0.2) is 24.3 Å². The lowest BCUT2D eigenvalue weighted by Crippen LogP contribution is -2.40. The van der Waals surface area contributed by atoms with E-state index in [4.69, 9.17) is 17.3 Å². The average Bonchev–Trinajstić information content (AvgIpc) is 2.86. The number of hydrogen-bond donors (Lipinski definition) is 2. The van der Waals surface area contributed by atoms with E-state index in [0.717, 1.165) is 29.2 Å². The van der Waals surface area contributed by atoms with Crippen molar-refractivity contribution in [3.8, 4) is 0 Å². The van der Waals surface area contributed by atoms with Crippen LogP contribution in [-0.2, 0) is 10.5 Å². The number of carbonyl (C=O) groups is 1. The molecule has 3 nitrogen and oxygen atoms in total. The Labute approximate surface area is 141 Å². The molecular formula is C15H22Cl2N2OS. The highest BCUT2D eigenvalue weighted by Gasteiger charge is 2.26. The second-order valence-electron chi connectivity index (χ2n) is 5.22. The maximum Gasteiger partial charge on any atom is 0.230 e. The van der Waals surface area contributed by atoms with E-state index in [-0.39, 0.29) is 24.4 Å². The molecule has 1 aromatic rings. The van der Waals surface area contributed by atoms with Crippen molar-refractivity contribution in [2.45, 2.75) is 31.1 Å². The third kappa shape index (κ3) is 6.07. The Balaban J connectivity index is 0.00000220. The third-order valence-electron chi connectivity index (χ3n) is 3.70. The lowest BCUT2D eigenvalue weighted by Gasteiger charge is -2.19. The van der Waals surface area contributed by atoms with Crippen molar-refractivity contribution in [1.29, 1.82) is 0 Å². The van der Waals surface area contributed by atoms with Gasteiger partial charge in [-0.2, -0.15) is 0 Å². The molecule has 2 atom stereocenters. The van der Waals surface area contributed by atoms with E-state index in [1.54, 1.807) is 11.8 Å². The summed E-state index contributed by atoms with van der Waals surface area (Å²) in [6, 6.07) is 8.03. The smallest absolute Gasteiger partial charge is 0.230 e. The van der Waals surface area contributed by atoms with E-state index in [2.05, 4.69) is 5.32 Å². The van der Waals surface area contributed by atoms with Gasteiger partial charge in [0.1, 0.15) is 0 Å². The van der Waals surface area contributed by atoms with Crippen molar-refractivity contribution in [3.05, 3.63) is 34.9 Å². The van der Waals surface area contributed by atoms with Crippen molar-refractivity contribution in [2.75, 3.05) is 12.3 Å². The third-order valence-corrected chi connectivity index (χ3v) is 4.94. The molecule has 0 saturated heterocycles. The Bertz CT molecular complexity index is 459. The molecule has 1 fully saturated rings. The molecule has 0 heterocycles. The molecular weight excluding hydrogens is 327 g/mol. The van der Waals surface area contributed by atoms with Crippen molar-refractivity contribution < 1.29 is 4.79 Å². The van der Waals surface area contributed by atoms with Crippen LogP contribution in [0.5, 0.6) is 0 Å². The van der Waals surface area contributed by atoms with E-state index < -0.39 is 0 Å². The molecule has 2 unspecified atom stereocenters. The van der Waals surface area contributed by atoms with Gasteiger partial charge in [0.05, 0.1) is 5.75 Å². The van der Waals surface area contributed by atoms with Gasteiger partial charge in [0, 0.05) is 16.8 Å². The summed E-state index contributed by atoms with van der Waals surface area (Å²) in [6.07, 6.45) is 3.37. The van der Waals surface area contributed by atoms with Gasteiger partial charge in [-0.1, -0.05) is 30.2 Å². The zero-order valence-corrected chi connectivity index (χ0v) is 14.3. The van der Waals surface area contributed by atoms with Crippen LogP contribution in [0.1, 0.15) is 24.8 Å². The first-order valence-electron chi connectivity index (χ1n) is 7.00. The van der Waals surface area contributed by atoms with Gasteiger partial charge in [-0.15, -0.1) is 24.2 Å². The van der Waals surface area contributed by atoms with Gasteiger partial charge in [0.25, 0.3) is 0 Å². The van der Waals surface area contributed by atoms with Gasteiger partial charge in [0.2, 0.25) is 5.91 Å². The van der Waals surface area contributed by atoms with E-state index in [1.165, 1.54) is 6.42 Å². The first-order chi connectivity index (χ1) is 9.69. The van der Waals surface area contributed by atoms with Gasteiger partial charge in [-0.05, 0) is 43.0 Å². The fourth-order valence-corrected chi connectivity index (χ4v) is 3.64. The first kappa shape index (κ1) is 18.6. The van der Waals surface area contributed by atoms with Crippen molar-refractivity contribution in [3.63, 3.8) is 0 Å². The number of benzene rings is 1. The summed E-state index contributed by atoms with van der Waals surface area (Å²) in [6.45, 7) is 0.667. The number of hydrogen-bond acceptors (Lipinski definition) is 3. The van der Waals surface area contributed by atoms with Crippen LogP contribution in [0, 0.1) is 5.92 Å². The van der Waals surface area contributed by atoms with E-state index in [0.29, 0.717) is 18.2 Å².